The van der Waals surface area contributed by atoms with Crippen molar-refractivity contribution in [2.45, 2.75) is 19.6 Å². The number of nitrogens with two attached hydrogens (primary N) is 1. The van der Waals surface area contributed by atoms with Gasteiger partial charge >= 0.3 is 0 Å². The van der Waals surface area contributed by atoms with Gasteiger partial charge in [-0.25, -0.2) is 0 Å². The molecule has 1 rings (SSSR count). The zero-order valence-corrected chi connectivity index (χ0v) is 11.5. The average Bonchev–Trinajstić information content (AvgIpc) is 2.18. The van der Waals surface area contributed by atoms with Gasteiger partial charge in [0.05, 0.1) is 14.2 Å². The predicted octanol–water partition coefficient (Wildman–Crippen LogP) is 2.50. The van der Waals surface area contributed by atoms with Crippen LogP contribution in [0.5, 0.6) is 17.2 Å². The van der Waals surface area contributed by atoms with Crippen LogP contribution in [0.2, 0.25) is 19.6 Å². The number of methoxy groups -OCH3 is 2. The maximum atomic E-state index is 5.93. The lowest BCUT2D eigenvalue weighted by Crippen LogP contribution is -2.29. The summed E-state index contributed by atoms with van der Waals surface area (Å²) in [5, 5.41) is 0. The molecule has 90 valence electrons. The summed E-state index contributed by atoms with van der Waals surface area (Å²) in [6.45, 7) is 6.30. The second-order valence-corrected chi connectivity index (χ2v) is 8.90. The zero-order chi connectivity index (χ0) is 12.3. The van der Waals surface area contributed by atoms with Crippen molar-refractivity contribution in [1.82, 2.24) is 0 Å². The summed E-state index contributed by atoms with van der Waals surface area (Å²) in [4.78, 5) is 0. The molecule has 2 N–H and O–H groups in total. The monoisotopic (exact) mass is 241 g/mol. The maximum Gasteiger partial charge on any atom is 0.242 e. The summed E-state index contributed by atoms with van der Waals surface area (Å²) in [6, 6.07) is 3.47. The topological polar surface area (TPSA) is 53.7 Å². The molecule has 0 aliphatic heterocycles. The van der Waals surface area contributed by atoms with E-state index in [0.717, 1.165) is 0 Å². The Morgan fingerprint density at radius 2 is 1.44 bits per heavy atom. The first-order valence-electron chi connectivity index (χ1n) is 5.08. The second kappa shape index (κ2) is 4.65. The second-order valence-electron chi connectivity index (χ2n) is 4.47. The van der Waals surface area contributed by atoms with Crippen molar-refractivity contribution in [3.05, 3.63) is 12.1 Å². The largest absolute Gasteiger partial charge is 0.539 e. The van der Waals surface area contributed by atoms with Crippen molar-refractivity contribution in [2.75, 3.05) is 20.0 Å². The molecule has 0 saturated carbocycles. The van der Waals surface area contributed by atoms with E-state index in [4.69, 9.17) is 19.6 Å². The molecular weight excluding hydrogens is 222 g/mol. The molecule has 16 heavy (non-hydrogen) atoms. The minimum Gasteiger partial charge on any atom is -0.539 e. The van der Waals surface area contributed by atoms with Crippen molar-refractivity contribution in [3.8, 4) is 17.2 Å². The van der Waals surface area contributed by atoms with Crippen LogP contribution in [0.3, 0.4) is 0 Å². The van der Waals surface area contributed by atoms with E-state index in [2.05, 4.69) is 19.6 Å². The van der Waals surface area contributed by atoms with E-state index in [1.807, 2.05) is 0 Å². The third-order valence-corrected chi connectivity index (χ3v) is 2.71. The molecule has 0 saturated heterocycles. The van der Waals surface area contributed by atoms with Crippen LogP contribution in [0.15, 0.2) is 12.1 Å². The molecule has 1 aromatic rings. The third kappa shape index (κ3) is 3.06. The van der Waals surface area contributed by atoms with Gasteiger partial charge in [0.25, 0.3) is 0 Å². The van der Waals surface area contributed by atoms with Gasteiger partial charge in [-0.05, 0) is 19.6 Å². The molecule has 0 amide bonds. The number of nitrogen functional groups attached to an aromatic ring is 1. The highest BCUT2D eigenvalue weighted by atomic mass is 28.4. The molecule has 0 radical (unpaired) electrons. The number of benzene rings is 1. The average molecular weight is 241 g/mol. The molecule has 5 heteroatoms. The molecule has 0 aliphatic carbocycles. The van der Waals surface area contributed by atoms with Gasteiger partial charge in [0.15, 0.2) is 17.2 Å². The van der Waals surface area contributed by atoms with Gasteiger partial charge in [0.1, 0.15) is 0 Å². The molecule has 0 aromatic heterocycles. The summed E-state index contributed by atoms with van der Waals surface area (Å²) < 4.78 is 16.4. The molecule has 4 nitrogen and oxygen atoms in total. The minimum absolute atomic E-state index is 0.594. The number of rotatable bonds is 4. The maximum absolute atomic E-state index is 5.93. The SMILES string of the molecule is COc1cc(N)cc(OC)c1O[Si](C)(C)C. The van der Waals surface area contributed by atoms with Crippen molar-refractivity contribution in [1.29, 1.82) is 0 Å². The van der Waals surface area contributed by atoms with Crippen molar-refractivity contribution in [2.24, 2.45) is 0 Å². The normalized spacial score (nSPS) is 11.1. The Bertz CT molecular complexity index is 349. The zero-order valence-electron chi connectivity index (χ0n) is 10.5. The molecule has 0 heterocycles. The highest BCUT2D eigenvalue weighted by Crippen LogP contribution is 2.40. The first-order valence-corrected chi connectivity index (χ1v) is 8.48. The molecule has 0 atom stereocenters. The Labute approximate surface area is 97.4 Å². The number of hydrogen-bond acceptors (Lipinski definition) is 4. The highest BCUT2D eigenvalue weighted by molar-refractivity contribution is 6.70. The lowest BCUT2D eigenvalue weighted by Gasteiger charge is -2.23. The molecule has 0 spiro atoms. The molecule has 0 unspecified atom stereocenters. The van der Waals surface area contributed by atoms with Crippen molar-refractivity contribution >= 4 is 14.0 Å². The van der Waals surface area contributed by atoms with E-state index in [1.165, 1.54) is 0 Å². The van der Waals surface area contributed by atoms with Crippen LogP contribution in [-0.2, 0) is 0 Å². The van der Waals surface area contributed by atoms with Gasteiger partial charge in [0.2, 0.25) is 8.32 Å². The highest BCUT2D eigenvalue weighted by Gasteiger charge is 2.22. The Balaban J connectivity index is 3.22. The van der Waals surface area contributed by atoms with Crippen LogP contribution in [0.4, 0.5) is 5.69 Å². The number of anilines is 1. The molecule has 0 bridgehead atoms. The van der Waals surface area contributed by atoms with E-state index in [1.54, 1.807) is 26.4 Å². The predicted molar refractivity (Wildman–Crippen MR) is 67.9 cm³/mol. The van der Waals surface area contributed by atoms with Gasteiger partial charge < -0.3 is 19.6 Å². The standard InChI is InChI=1S/C11H19NO3Si/c1-13-9-6-8(12)7-10(14-2)11(9)15-16(3,4)5/h6-7H,12H2,1-5H3. The first-order chi connectivity index (χ1) is 7.37. The van der Waals surface area contributed by atoms with Crippen LogP contribution in [0.1, 0.15) is 0 Å². The van der Waals surface area contributed by atoms with E-state index in [-0.39, 0.29) is 0 Å². The van der Waals surface area contributed by atoms with Crippen molar-refractivity contribution < 1.29 is 13.9 Å². The molecule has 0 aliphatic rings. The summed E-state index contributed by atoms with van der Waals surface area (Å²) in [7, 11) is 1.47. The lowest BCUT2D eigenvalue weighted by atomic mass is 10.2. The van der Waals surface area contributed by atoms with Crippen LogP contribution < -0.4 is 19.6 Å². The Hall–Kier alpha value is -1.36. The Kier molecular flexibility index (Phi) is 3.69. The third-order valence-electron chi connectivity index (χ3n) is 1.89. The van der Waals surface area contributed by atoms with E-state index in [0.29, 0.717) is 22.9 Å². The molecule has 0 fully saturated rings. The smallest absolute Gasteiger partial charge is 0.242 e. The quantitative estimate of drug-likeness (QED) is 0.650. The fraction of sp³-hybridized carbons (Fsp3) is 0.455. The molecular formula is C11H19NO3Si. The van der Waals surface area contributed by atoms with Crippen LogP contribution >= 0.6 is 0 Å². The van der Waals surface area contributed by atoms with Gasteiger partial charge in [-0.3, -0.25) is 0 Å². The van der Waals surface area contributed by atoms with Gasteiger partial charge in [-0.2, -0.15) is 0 Å². The fourth-order valence-corrected chi connectivity index (χ4v) is 2.12. The summed E-state index contributed by atoms with van der Waals surface area (Å²) in [5.74, 6) is 1.86. The minimum atomic E-state index is -1.71. The first kappa shape index (κ1) is 12.7. The summed E-state index contributed by atoms with van der Waals surface area (Å²) >= 11 is 0. The van der Waals surface area contributed by atoms with Crippen LogP contribution in [-0.4, -0.2) is 22.5 Å². The van der Waals surface area contributed by atoms with E-state index < -0.39 is 8.32 Å². The van der Waals surface area contributed by atoms with E-state index >= 15 is 0 Å². The van der Waals surface area contributed by atoms with Gasteiger partial charge in [0, 0.05) is 17.8 Å². The lowest BCUT2D eigenvalue weighted by molar-refractivity contribution is 0.361. The van der Waals surface area contributed by atoms with Gasteiger partial charge in [-0.1, -0.05) is 0 Å². The van der Waals surface area contributed by atoms with Gasteiger partial charge in [-0.15, -0.1) is 0 Å². The number of ether oxygens (including phenoxy) is 2. The van der Waals surface area contributed by atoms with Crippen molar-refractivity contribution in [3.63, 3.8) is 0 Å². The van der Waals surface area contributed by atoms with Crippen LogP contribution in [0, 0.1) is 0 Å². The van der Waals surface area contributed by atoms with Crippen LogP contribution in [0.25, 0.3) is 0 Å². The fourth-order valence-electron chi connectivity index (χ4n) is 1.31. The van der Waals surface area contributed by atoms with E-state index in [9.17, 15) is 0 Å². The number of hydrogen-bond donors (Lipinski definition) is 1. The summed E-state index contributed by atoms with van der Waals surface area (Å²) in [6.07, 6.45) is 0. The summed E-state index contributed by atoms with van der Waals surface area (Å²) in [5.41, 5.74) is 6.33. The Morgan fingerprint density at radius 1 is 1.00 bits per heavy atom. The molecule has 1 aromatic carbocycles. The Morgan fingerprint density at radius 3 is 1.75 bits per heavy atom.